The Kier molecular flexibility index (Phi) is 10.6. The van der Waals surface area contributed by atoms with Crippen molar-refractivity contribution in [3.8, 4) is 5.88 Å². The van der Waals surface area contributed by atoms with Crippen molar-refractivity contribution in [1.29, 1.82) is 0 Å². The van der Waals surface area contributed by atoms with Crippen LogP contribution < -0.4 is 20.1 Å². The van der Waals surface area contributed by atoms with Gasteiger partial charge in [-0.3, -0.25) is 19.1 Å². The number of benzene rings is 1. The van der Waals surface area contributed by atoms with Gasteiger partial charge < -0.3 is 25.0 Å². The highest BCUT2D eigenvalue weighted by Gasteiger charge is 2.63. The molecule has 1 aromatic carbocycles. The van der Waals surface area contributed by atoms with E-state index in [1.807, 2.05) is 6.08 Å². The average Bonchev–Trinajstić information content (AvgIpc) is 3.95. The van der Waals surface area contributed by atoms with E-state index in [-0.39, 0.29) is 36.8 Å². The van der Waals surface area contributed by atoms with Crippen molar-refractivity contribution in [2.24, 2.45) is 5.92 Å². The van der Waals surface area contributed by atoms with Crippen molar-refractivity contribution in [3.05, 3.63) is 41.9 Å². The van der Waals surface area contributed by atoms with Gasteiger partial charge in [0.05, 0.1) is 22.3 Å². The second kappa shape index (κ2) is 14.5. The first-order valence-corrected chi connectivity index (χ1v) is 20.0. The van der Waals surface area contributed by atoms with Gasteiger partial charge in [-0.15, -0.1) is 0 Å². The smallest absolute Gasteiger partial charge is 0.408 e. The predicted octanol–water partition coefficient (Wildman–Crippen LogP) is 4.52. The quantitative estimate of drug-likeness (QED) is 0.337. The number of fused-ring (bicyclic) bond motifs is 3. The summed E-state index contributed by atoms with van der Waals surface area (Å²) in [6.45, 7) is 6.76. The lowest BCUT2D eigenvalue weighted by Crippen LogP contribution is -2.58. The number of carbonyl (C=O) groups excluding carboxylic acids is 4. The number of hydrogen-bond donors (Lipinski definition) is 3. The third-order valence-corrected chi connectivity index (χ3v) is 12.6. The van der Waals surface area contributed by atoms with E-state index in [4.69, 9.17) is 9.47 Å². The summed E-state index contributed by atoms with van der Waals surface area (Å²) in [5.41, 5.74) is -3.47. The fourth-order valence-corrected chi connectivity index (χ4v) is 8.25. The number of halogens is 3. The molecule has 2 saturated carbocycles. The van der Waals surface area contributed by atoms with Crippen LogP contribution >= 0.6 is 0 Å². The summed E-state index contributed by atoms with van der Waals surface area (Å²) in [7, 11) is -4.08. The first-order chi connectivity index (χ1) is 25.6. The topological polar surface area (TPSA) is 186 Å². The van der Waals surface area contributed by atoms with Gasteiger partial charge in [0.2, 0.25) is 27.7 Å². The van der Waals surface area contributed by atoms with E-state index in [2.05, 4.69) is 25.3 Å². The molecule has 55 heavy (non-hydrogen) atoms. The van der Waals surface area contributed by atoms with Gasteiger partial charge in [0.25, 0.3) is 11.8 Å². The molecule has 5 unspecified atom stereocenters. The Bertz CT molecular complexity index is 2010. The Morgan fingerprint density at radius 2 is 1.78 bits per heavy atom. The second-order valence-electron chi connectivity index (χ2n) is 16.3. The molecule has 2 aliphatic carbocycles. The number of allylic oxidation sites excluding steroid dienone is 1. The number of nitrogens with zero attached hydrogens (tertiary/aromatic N) is 3. The third-order valence-electron chi connectivity index (χ3n) is 10.5. The molecule has 1 aromatic heterocycles. The number of ether oxygens (including phenoxy) is 2. The van der Waals surface area contributed by atoms with Crippen LogP contribution in [0.3, 0.4) is 0 Å². The van der Waals surface area contributed by atoms with Gasteiger partial charge in [-0.1, -0.05) is 25.0 Å². The predicted molar refractivity (Wildman–Crippen MR) is 193 cm³/mol. The van der Waals surface area contributed by atoms with Crippen LogP contribution in [0.2, 0.25) is 0 Å². The Labute approximate surface area is 317 Å². The van der Waals surface area contributed by atoms with Crippen molar-refractivity contribution in [3.63, 3.8) is 0 Å². The highest BCUT2D eigenvalue weighted by atomic mass is 32.2. The van der Waals surface area contributed by atoms with Crippen molar-refractivity contribution >= 4 is 44.9 Å². The largest absolute Gasteiger partial charge is 0.471 e. The first kappa shape index (κ1) is 40.2. The number of alkyl carbamates (subject to hydrolysis) is 1. The van der Waals surface area contributed by atoms with Crippen LogP contribution in [0.4, 0.5) is 18.0 Å². The molecule has 1 saturated heterocycles. The molecule has 6 rings (SSSR count). The van der Waals surface area contributed by atoms with Crippen LogP contribution in [0.1, 0.15) is 98.1 Å². The Hall–Kier alpha value is -4.48. The molecule has 3 heterocycles. The van der Waals surface area contributed by atoms with E-state index in [0.717, 1.165) is 17.0 Å². The average molecular weight is 793 g/mol. The summed E-state index contributed by atoms with van der Waals surface area (Å²) in [5.74, 6) is -7.84. The normalized spacial score (nSPS) is 27.2. The van der Waals surface area contributed by atoms with Gasteiger partial charge >= 0.3 is 6.09 Å². The number of carbonyl (C=O) groups is 4. The Morgan fingerprint density at radius 3 is 2.45 bits per heavy atom. The number of amides is 4. The molecule has 300 valence electrons. The summed E-state index contributed by atoms with van der Waals surface area (Å²) >= 11 is 0. The zero-order valence-corrected chi connectivity index (χ0v) is 32.2. The summed E-state index contributed by atoms with van der Waals surface area (Å²) in [5, 5.41) is 5.37. The van der Waals surface area contributed by atoms with E-state index in [0.29, 0.717) is 45.4 Å². The maximum Gasteiger partial charge on any atom is 0.408 e. The molecule has 2 aliphatic heterocycles. The van der Waals surface area contributed by atoms with Crippen LogP contribution in [0.5, 0.6) is 5.88 Å². The lowest BCUT2D eigenvalue weighted by Gasteiger charge is -2.30. The summed E-state index contributed by atoms with van der Waals surface area (Å²) < 4.78 is 82.6. The molecule has 4 aliphatic rings. The van der Waals surface area contributed by atoms with Gasteiger partial charge in [0.1, 0.15) is 35.1 Å². The van der Waals surface area contributed by atoms with E-state index in [1.165, 1.54) is 13.0 Å². The van der Waals surface area contributed by atoms with Gasteiger partial charge in [-0.25, -0.2) is 27.6 Å². The summed E-state index contributed by atoms with van der Waals surface area (Å²) in [6.07, 6.45) is 4.88. The monoisotopic (exact) mass is 792 g/mol. The van der Waals surface area contributed by atoms with Crippen LogP contribution in [0, 0.1) is 11.7 Å². The minimum Gasteiger partial charge on any atom is -0.471 e. The van der Waals surface area contributed by atoms with E-state index in [9.17, 15) is 40.8 Å². The SMILES string of the molecule is CC(C)(C)OC(=O)NC1CCCCCC=CC2CC2(C(=O)NS(=O)(=O)C2(C)CC2)NC(=O)C2CC(Oc3nc4cc(F)ccc4nc3C(C)(F)F)CN2C1=O. The van der Waals surface area contributed by atoms with Crippen molar-refractivity contribution in [2.75, 3.05) is 6.54 Å². The Balaban J connectivity index is 1.34. The molecule has 14 nitrogen and oxygen atoms in total. The molecule has 3 N–H and O–H groups in total. The van der Waals surface area contributed by atoms with Crippen LogP contribution in [-0.4, -0.2) is 87.7 Å². The highest BCUT2D eigenvalue weighted by molar-refractivity contribution is 7.91. The second-order valence-corrected chi connectivity index (χ2v) is 18.5. The first-order valence-electron chi connectivity index (χ1n) is 18.5. The minimum absolute atomic E-state index is 0.00993. The molecule has 0 radical (unpaired) electrons. The number of nitrogens with one attached hydrogen (secondary N) is 3. The lowest BCUT2D eigenvalue weighted by molar-refractivity contribution is -0.141. The molecular weight excluding hydrogens is 746 g/mol. The van der Waals surface area contributed by atoms with Crippen LogP contribution in [-0.2, 0) is 35.1 Å². The standard InChI is InChI=1S/C37H47F3N6O8S/c1-34(2,3)54-33(50)43-25-12-10-8-6-7-9-11-21-19-37(21,32(49)45-55(51,52)35(4)15-16-35)44-29(47)27-18-23(20-46(27)31(25)48)53-30-28(36(5,39)40)41-24-14-13-22(38)17-26(24)42-30/h9,11,13-14,17,21,23,25,27H,6-8,10,12,15-16,18-20H2,1-5H3,(H,43,50)(H,44,47)(H,45,49). The fourth-order valence-electron chi connectivity index (χ4n) is 6.93. The third kappa shape index (κ3) is 8.83. The zero-order valence-electron chi connectivity index (χ0n) is 31.4. The van der Waals surface area contributed by atoms with Gasteiger partial charge in [-0.2, -0.15) is 8.78 Å². The Morgan fingerprint density at radius 1 is 1.05 bits per heavy atom. The fraction of sp³-hybridized carbons (Fsp3) is 0.622. The highest BCUT2D eigenvalue weighted by Crippen LogP contribution is 2.47. The molecular formula is C37H47F3N6O8S. The van der Waals surface area contributed by atoms with Gasteiger partial charge in [0, 0.05) is 25.3 Å². The lowest BCUT2D eigenvalue weighted by atomic mass is 10.0. The number of sulfonamides is 1. The zero-order chi connectivity index (χ0) is 40.1. The molecule has 4 amide bonds. The van der Waals surface area contributed by atoms with Crippen LogP contribution in [0.25, 0.3) is 11.0 Å². The maximum absolute atomic E-state index is 14.9. The molecule has 5 atom stereocenters. The van der Waals surface area contributed by atoms with Crippen molar-refractivity contribution in [1.82, 2.24) is 30.2 Å². The molecule has 3 fully saturated rings. The number of rotatable bonds is 7. The maximum atomic E-state index is 14.9. The summed E-state index contributed by atoms with van der Waals surface area (Å²) in [4.78, 5) is 64.8. The van der Waals surface area contributed by atoms with Crippen LogP contribution in [0.15, 0.2) is 30.4 Å². The molecule has 0 bridgehead atoms. The molecule has 2 aromatic rings. The van der Waals surface area contributed by atoms with Crippen molar-refractivity contribution in [2.45, 2.75) is 132 Å². The van der Waals surface area contributed by atoms with Crippen molar-refractivity contribution < 1.29 is 50.2 Å². The van der Waals surface area contributed by atoms with E-state index < -0.39 is 97.1 Å². The van der Waals surface area contributed by atoms with E-state index >= 15 is 0 Å². The van der Waals surface area contributed by atoms with Gasteiger partial charge in [0.15, 0.2) is 5.69 Å². The molecule has 18 heteroatoms. The minimum atomic E-state index is -4.08. The number of aromatic nitrogens is 2. The molecule has 0 spiro atoms. The number of hydrogen-bond acceptors (Lipinski definition) is 10. The summed E-state index contributed by atoms with van der Waals surface area (Å²) in [6, 6.07) is 0.725. The number of alkyl halides is 2. The van der Waals surface area contributed by atoms with E-state index in [1.54, 1.807) is 26.8 Å². The van der Waals surface area contributed by atoms with Gasteiger partial charge in [-0.05, 0) is 78.4 Å².